The summed E-state index contributed by atoms with van der Waals surface area (Å²) in [6, 6.07) is 9.33. The lowest BCUT2D eigenvalue weighted by Gasteiger charge is -2.22. The van der Waals surface area contributed by atoms with Gasteiger partial charge in [0, 0.05) is 24.7 Å². The molecule has 2 aromatic rings. The number of nitrogens with zero attached hydrogens (tertiary/aromatic N) is 1. The van der Waals surface area contributed by atoms with E-state index in [-0.39, 0.29) is 12.0 Å². The fraction of sp³-hybridized carbons (Fsp3) is 0.412. The number of rotatable bonds is 6. The molecule has 7 nitrogen and oxygen atoms in total. The number of benzene rings is 1. The summed E-state index contributed by atoms with van der Waals surface area (Å²) in [6.45, 7) is 2.52. The maximum absolute atomic E-state index is 11.9. The minimum Gasteiger partial charge on any atom is -0.497 e. The molecule has 0 spiro atoms. The molecule has 1 saturated heterocycles. The van der Waals surface area contributed by atoms with Crippen LogP contribution in [0.15, 0.2) is 34.9 Å². The Morgan fingerprint density at radius 3 is 2.96 bits per heavy atom. The first kappa shape index (κ1) is 16.5. The molecule has 2 heterocycles. The molecule has 128 valence electrons. The SMILES string of the molecule is COc1ccc(-c2cc(CNC(=O)C[C@@H]3CNCCO3)no2)cc1. The number of morpholine rings is 1. The van der Waals surface area contributed by atoms with E-state index in [4.69, 9.17) is 14.0 Å². The second kappa shape index (κ2) is 7.94. The minimum atomic E-state index is -0.0640. The zero-order valence-corrected chi connectivity index (χ0v) is 13.6. The van der Waals surface area contributed by atoms with Crippen LogP contribution in [0, 0.1) is 0 Å². The van der Waals surface area contributed by atoms with Crippen molar-refractivity contribution in [2.75, 3.05) is 26.8 Å². The van der Waals surface area contributed by atoms with Crippen molar-refractivity contribution < 1.29 is 18.8 Å². The van der Waals surface area contributed by atoms with Crippen LogP contribution in [0.25, 0.3) is 11.3 Å². The second-order valence-electron chi connectivity index (χ2n) is 5.59. The molecule has 3 rings (SSSR count). The van der Waals surface area contributed by atoms with Gasteiger partial charge in [-0.25, -0.2) is 0 Å². The van der Waals surface area contributed by atoms with Crippen LogP contribution in [0.5, 0.6) is 5.75 Å². The molecule has 24 heavy (non-hydrogen) atoms. The van der Waals surface area contributed by atoms with E-state index < -0.39 is 0 Å². The van der Waals surface area contributed by atoms with Gasteiger partial charge in [0.1, 0.15) is 11.4 Å². The third-order valence-corrected chi connectivity index (χ3v) is 3.82. The van der Waals surface area contributed by atoms with Crippen LogP contribution in [-0.4, -0.2) is 44.0 Å². The van der Waals surface area contributed by atoms with Gasteiger partial charge in [-0.2, -0.15) is 0 Å². The molecule has 1 aromatic carbocycles. The number of nitrogens with one attached hydrogen (secondary N) is 2. The number of carbonyl (C=O) groups is 1. The number of methoxy groups -OCH3 is 1. The van der Waals surface area contributed by atoms with Crippen molar-refractivity contribution in [3.05, 3.63) is 36.0 Å². The Morgan fingerprint density at radius 1 is 1.42 bits per heavy atom. The summed E-state index contributed by atoms with van der Waals surface area (Å²) in [4.78, 5) is 11.9. The molecule has 0 radical (unpaired) electrons. The van der Waals surface area contributed by atoms with Gasteiger partial charge in [-0.1, -0.05) is 5.16 Å². The van der Waals surface area contributed by atoms with E-state index in [1.165, 1.54) is 0 Å². The first-order valence-electron chi connectivity index (χ1n) is 7.93. The van der Waals surface area contributed by atoms with Crippen LogP contribution >= 0.6 is 0 Å². The lowest BCUT2D eigenvalue weighted by Crippen LogP contribution is -2.41. The summed E-state index contributed by atoms with van der Waals surface area (Å²) in [5.41, 5.74) is 1.58. The van der Waals surface area contributed by atoms with Crippen LogP contribution in [0.3, 0.4) is 0 Å². The van der Waals surface area contributed by atoms with Gasteiger partial charge in [0.05, 0.1) is 32.8 Å². The van der Waals surface area contributed by atoms with Gasteiger partial charge in [-0.3, -0.25) is 4.79 Å². The Hall–Kier alpha value is -2.38. The summed E-state index contributed by atoms with van der Waals surface area (Å²) in [5.74, 6) is 1.38. The fourth-order valence-corrected chi connectivity index (χ4v) is 2.51. The predicted octanol–water partition coefficient (Wildman–Crippen LogP) is 1.34. The van der Waals surface area contributed by atoms with Crippen LogP contribution < -0.4 is 15.4 Å². The van der Waals surface area contributed by atoms with Crippen molar-refractivity contribution in [1.82, 2.24) is 15.8 Å². The number of ether oxygens (including phenoxy) is 2. The Balaban J connectivity index is 1.50. The monoisotopic (exact) mass is 331 g/mol. The minimum absolute atomic E-state index is 0.0577. The van der Waals surface area contributed by atoms with Crippen LogP contribution in [-0.2, 0) is 16.1 Å². The summed E-state index contributed by atoms with van der Waals surface area (Å²) in [7, 11) is 1.62. The Bertz CT molecular complexity index is 663. The Morgan fingerprint density at radius 2 is 2.25 bits per heavy atom. The predicted molar refractivity (Wildman–Crippen MR) is 87.6 cm³/mol. The van der Waals surface area contributed by atoms with E-state index in [0.717, 1.165) is 17.9 Å². The summed E-state index contributed by atoms with van der Waals surface area (Å²) < 4.78 is 16.0. The normalized spacial score (nSPS) is 17.5. The average Bonchev–Trinajstić information content (AvgIpc) is 3.10. The molecule has 0 saturated carbocycles. The Labute approximate surface area is 140 Å². The standard InChI is InChI=1S/C17H21N3O4/c1-22-14-4-2-12(3-5-14)16-8-13(20-24-16)10-19-17(21)9-15-11-18-6-7-23-15/h2-5,8,15,18H,6-7,9-11H2,1H3,(H,19,21)/t15-/m1/s1. The number of carbonyl (C=O) groups excluding carboxylic acids is 1. The van der Waals surface area contributed by atoms with E-state index >= 15 is 0 Å². The van der Waals surface area contributed by atoms with Crippen molar-refractivity contribution >= 4 is 5.91 Å². The molecule has 1 atom stereocenters. The van der Waals surface area contributed by atoms with Gasteiger partial charge >= 0.3 is 0 Å². The quantitative estimate of drug-likeness (QED) is 0.831. The van der Waals surface area contributed by atoms with E-state index in [0.29, 0.717) is 37.6 Å². The topological polar surface area (TPSA) is 85.6 Å². The fourth-order valence-electron chi connectivity index (χ4n) is 2.51. The molecule has 1 aliphatic rings. The second-order valence-corrected chi connectivity index (χ2v) is 5.59. The summed E-state index contributed by atoms with van der Waals surface area (Å²) in [5, 5.41) is 10.0. The number of aromatic nitrogens is 1. The van der Waals surface area contributed by atoms with Crippen LogP contribution in [0.1, 0.15) is 12.1 Å². The smallest absolute Gasteiger partial charge is 0.222 e. The molecule has 0 aliphatic carbocycles. The highest BCUT2D eigenvalue weighted by Crippen LogP contribution is 2.23. The van der Waals surface area contributed by atoms with E-state index in [9.17, 15) is 4.79 Å². The van der Waals surface area contributed by atoms with Gasteiger partial charge < -0.3 is 24.6 Å². The summed E-state index contributed by atoms with van der Waals surface area (Å²) >= 11 is 0. The number of amides is 1. The molecule has 1 aromatic heterocycles. The van der Waals surface area contributed by atoms with E-state index in [2.05, 4.69) is 15.8 Å². The zero-order chi connectivity index (χ0) is 16.8. The molecule has 1 amide bonds. The summed E-state index contributed by atoms with van der Waals surface area (Å²) in [6.07, 6.45) is 0.279. The van der Waals surface area contributed by atoms with Crippen molar-refractivity contribution in [1.29, 1.82) is 0 Å². The highest BCUT2D eigenvalue weighted by Gasteiger charge is 2.17. The first-order valence-corrected chi connectivity index (χ1v) is 7.93. The third-order valence-electron chi connectivity index (χ3n) is 3.82. The van der Waals surface area contributed by atoms with Crippen molar-refractivity contribution in [3.63, 3.8) is 0 Å². The van der Waals surface area contributed by atoms with Gasteiger partial charge in [0.25, 0.3) is 0 Å². The van der Waals surface area contributed by atoms with E-state index in [1.54, 1.807) is 7.11 Å². The number of hydrogen-bond donors (Lipinski definition) is 2. The highest BCUT2D eigenvalue weighted by atomic mass is 16.5. The first-order chi connectivity index (χ1) is 11.7. The van der Waals surface area contributed by atoms with E-state index in [1.807, 2.05) is 30.3 Å². The molecule has 2 N–H and O–H groups in total. The molecule has 1 aliphatic heterocycles. The van der Waals surface area contributed by atoms with Crippen LogP contribution in [0.2, 0.25) is 0 Å². The van der Waals surface area contributed by atoms with Crippen LogP contribution in [0.4, 0.5) is 0 Å². The lowest BCUT2D eigenvalue weighted by molar-refractivity contribution is -0.124. The molecule has 0 unspecified atom stereocenters. The maximum atomic E-state index is 11.9. The largest absolute Gasteiger partial charge is 0.497 e. The van der Waals surface area contributed by atoms with Gasteiger partial charge in [-0.05, 0) is 24.3 Å². The van der Waals surface area contributed by atoms with Gasteiger partial charge in [-0.15, -0.1) is 0 Å². The zero-order valence-electron chi connectivity index (χ0n) is 13.6. The highest BCUT2D eigenvalue weighted by molar-refractivity contribution is 5.76. The maximum Gasteiger partial charge on any atom is 0.222 e. The molecule has 0 bridgehead atoms. The molecule has 1 fully saturated rings. The number of hydrogen-bond acceptors (Lipinski definition) is 6. The molecular formula is C17H21N3O4. The average molecular weight is 331 g/mol. The van der Waals surface area contributed by atoms with Gasteiger partial charge in [0.15, 0.2) is 5.76 Å². The van der Waals surface area contributed by atoms with Crippen molar-refractivity contribution in [2.45, 2.75) is 19.1 Å². The third kappa shape index (κ3) is 4.33. The molecule has 7 heteroatoms. The Kier molecular flexibility index (Phi) is 5.45. The van der Waals surface area contributed by atoms with Crippen molar-refractivity contribution in [2.24, 2.45) is 0 Å². The van der Waals surface area contributed by atoms with Crippen molar-refractivity contribution in [3.8, 4) is 17.1 Å². The molecular weight excluding hydrogens is 310 g/mol. The van der Waals surface area contributed by atoms with Gasteiger partial charge in [0.2, 0.25) is 5.91 Å². The lowest BCUT2D eigenvalue weighted by atomic mass is 10.1.